The summed E-state index contributed by atoms with van der Waals surface area (Å²) in [5, 5.41) is 3.59. The molecule has 4 aromatic carbocycles. The predicted molar refractivity (Wildman–Crippen MR) is 140 cm³/mol. The van der Waals surface area contributed by atoms with E-state index in [0.29, 0.717) is 16.3 Å². The third-order valence-electron chi connectivity index (χ3n) is 5.87. The Morgan fingerprint density at radius 2 is 1.43 bits per heavy atom. The Morgan fingerprint density at radius 1 is 0.829 bits per heavy atom. The van der Waals surface area contributed by atoms with Gasteiger partial charge in [-0.05, 0) is 72.1 Å². The van der Waals surface area contributed by atoms with Crippen molar-refractivity contribution in [2.45, 2.75) is 17.9 Å². The fourth-order valence-electron chi connectivity index (χ4n) is 3.84. The van der Waals surface area contributed by atoms with Crippen LogP contribution < -0.4 is 9.62 Å². The van der Waals surface area contributed by atoms with E-state index in [-0.39, 0.29) is 16.8 Å². The molecule has 0 spiro atoms. The second-order valence-corrected chi connectivity index (χ2v) is 10.6. The highest BCUT2D eigenvalue weighted by molar-refractivity contribution is 7.92. The van der Waals surface area contributed by atoms with Crippen molar-refractivity contribution < 1.29 is 13.2 Å². The SMILES string of the molecule is Cc1ccccc1[C@@H](NC(=O)c1ccc(N(C)S(=O)(=O)c2ccc(Cl)cc2)cc1)c1ccccc1. The van der Waals surface area contributed by atoms with Crippen LogP contribution in [-0.4, -0.2) is 21.4 Å². The zero-order valence-corrected chi connectivity index (χ0v) is 20.9. The van der Waals surface area contributed by atoms with Gasteiger partial charge in [-0.2, -0.15) is 0 Å². The van der Waals surface area contributed by atoms with Crippen LogP contribution in [0.2, 0.25) is 5.02 Å². The lowest BCUT2D eigenvalue weighted by Gasteiger charge is -2.22. The zero-order chi connectivity index (χ0) is 25.0. The average Bonchev–Trinajstić information content (AvgIpc) is 2.88. The molecule has 0 aliphatic carbocycles. The van der Waals surface area contributed by atoms with E-state index in [1.54, 1.807) is 24.3 Å². The number of carbonyl (C=O) groups excluding carboxylic acids is 1. The topological polar surface area (TPSA) is 66.5 Å². The molecule has 0 fully saturated rings. The van der Waals surface area contributed by atoms with Crippen LogP contribution in [0.25, 0.3) is 0 Å². The van der Waals surface area contributed by atoms with Gasteiger partial charge in [-0.1, -0.05) is 66.2 Å². The molecule has 0 aliphatic rings. The Bertz CT molecular complexity index is 1420. The molecule has 0 saturated heterocycles. The monoisotopic (exact) mass is 504 g/mol. The fourth-order valence-corrected chi connectivity index (χ4v) is 5.16. The summed E-state index contributed by atoms with van der Waals surface area (Å²) in [4.78, 5) is 13.3. The second-order valence-electron chi connectivity index (χ2n) is 8.15. The minimum absolute atomic E-state index is 0.134. The van der Waals surface area contributed by atoms with Crippen LogP contribution in [0, 0.1) is 6.92 Å². The van der Waals surface area contributed by atoms with E-state index in [1.165, 1.54) is 35.6 Å². The summed E-state index contributed by atoms with van der Waals surface area (Å²) in [6.45, 7) is 2.02. The first-order valence-corrected chi connectivity index (χ1v) is 12.8. The first kappa shape index (κ1) is 24.5. The Labute approximate surface area is 211 Å². The molecule has 5 nitrogen and oxygen atoms in total. The van der Waals surface area contributed by atoms with Gasteiger partial charge in [0.25, 0.3) is 15.9 Å². The Morgan fingerprint density at radius 3 is 2.06 bits per heavy atom. The van der Waals surface area contributed by atoms with Crippen molar-refractivity contribution in [2.75, 3.05) is 11.4 Å². The maximum atomic E-state index is 13.2. The van der Waals surface area contributed by atoms with Gasteiger partial charge in [-0.15, -0.1) is 0 Å². The van der Waals surface area contributed by atoms with E-state index in [1.807, 2.05) is 61.5 Å². The molecular formula is C28H25ClN2O3S. The van der Waals surface area contributed by atoms with E-state index < -0.39 is 10.0 Å². The number of hydrogen-bond donors (Lipinski definition) is 1. The van der Waals surface area contributed by atoms with Crippen LogP contribution in [0.3, 0.4) is 0 Å². The molecule has 0 aromatic heterocycles. The van der Waals surface area contributed by atoms with Crippen LogP contribution in [0.4, 0.5) is 5.69 Å². The zero-order valence-electron chi connectivity index (χ0n) is 19.4. The number of anilines is 1. The number of amides is 1. The van der Waals surface area contributed by atoms with Gasteiger partial charge in [0, 0.05) is 17.6 Å². The highest BCUT2D eigenvalue weighted by Crippen LogP contribution is 2.27. The summed E-state index contributed by atoms with van der Waals surface area (Å²) in [5.41, 5.74) is 3.93. The summed E-state index contributed by atoms with van der Waals surface area (Å²) in [7, 11) is -2.29. The molecule has 4 rings (SSSR count). The molecule has 178 valence electrons. The number of nitrogens with zero attached hydrogens (tertiary/aromatic N) is 1. The van der Waals surface area contributed by atoms with E-state index >= 15 is 0 Å². The van der Waals surface area contributed by atoms with Gasteiger partial charge < -0.3 is 5.32 Å². The highest BCUT2D eigenvalue weighted by atomic mass is 35.5. The molecule has 1 amide bonds. The standard InChI is InChI=1S/C28H25ClN2O3S/c1-20-8-6-7-11-26(20)27(21-9-4-3-5-10-21)30-28(32)22-12-16-24(17-13-22)31(2)35(33,34)25-18-14-23(29)15-19-25/h3-19,27H,1-2H3,(H,30,32)/t27-/m0/s1. The molecule has 4 aromatic rings. The third-order valence-corrected chi connectivity index (χ3v) is 7.92. The maximum absolute atomic E-state index is 13.2. The second kappa shape index (κ2) is 10.3. The molecule has 0 saturated carbocycles. The Hall–Kier alpha value is -3.61. The number of aryl methyl sites for hydroxylation is 1. The summed E-state index contributed by atoms with van der Waals surface area (Å²) in [6, 6.07) is 29.9. The van der Waals surface area contributed by atoms with Crippen molar-refractivity contribution >= 4 is 33.2 Å². The average molecular weight is 505 g/mol. The van der Waals surface area contributed by atoms with Gasteiger partial charge in [-0.3, -0.25) is 9.10 Å². The van der Waals surface area contributed by atoms with Gasteiger partial charge in [0.2, 0.25) is 0 Å². The fraction of sp³-hybridized carbons (Fsp3) is 0.107. The first-order valence-electron chi connectivity index (χ1n) is 11.0. The molecule has 0 radical (unpaired) electrons. The van der Waals surface area contributed by atoms with Crippen LogP contribution in [-0.2, 0) is 10.0 Å². The summed E-state index contributed by atoms with van der Waals surface area (Å²) < 4.78 is 27.1. The summed E-state index contributed by atoms with van der Waals surface area (Å²) >= 11 is 5.88. The number of benzene rings is 4. The molecule has 0 aliphatic heterocycles. The van der Waals surface area contributed by atoms with Crippen LogP contribution in [0.1, 0.15) is 33.1 Å². The molecule has 0 unspecified atom stereocenters. The van der Waals surface area contributed by atoms with Gasteiger partial charge in [0.05, 0.1) is 16.6 Å². The molecule has 1 N–H and O–H groups in total. The van der Waals surface area contributed by atoms with Gasteiger partial charge in [0.15, 0.2) is 0 Å². The normalized spacial score (nSPS) is 12.1. The lowest BCUT2D eigenvalue weighted by atomic mass is 9.94. The lowest BCUT2D eigenvalue weighted by Crippen LogP contribution is -2.30. The Balaban J connectivity index is 1.57. The van der Waals surface area contributed by atoms with Crippen LogP contribution in [0.15, 0.2) is 108 Å². The first-order chi connectivity index (χ1) is 16.8. The van der Waals surface area contributed by atoms with Gasteiger partial charge in [-0.25, -0.2) is 8.42 Å². The smallest absolute Gasteiger partial charge is 0.264 e. The molecule has 7 heteroatoms. The van der Waals surface area contributed by atoms with E-state index in [2.05, 4.69) is 5.32 Å². The van der Waals surface area contributed by atoms with Crippen molar-refractivity contribution in [3.05, 3.63) is 130 Å². The summed E-state index contributed by atoms with van der Waals surface area (Å²) in [5.74, 6) is -0.253. The quantitative estimate of drug-likeness (QED) is 0.336. The van der Waals surface area contributed by atoms with Gasteiger partial charge in [0.1, 0.15) is 0 Å². The summed E-state index contributed by atoms with van der Waals surface area (Å²) in [6.07, 6.45) is 0. The lowest BCUT2D eigenvalue weighted by molar-refractivity contribution is 0.0943. The van der Waals surface area contributed by atoms with E-state index in [4.69, 9.17) is 11.6 Å². The Kier molecular flexibility index (Phi) is 7.24. The number of hydrogen-bond acceptors (Lipinski definition) is 3. The van der Waals surface area contributed by atoms with E-state index in [9.17, 15) is 13.2 Å². The third kappa shape index (κ3) is 5.39. The molecular weight excluding hydrogens is 480 g/mol. The minimum Gasteiger partial charge on any atom is -0.341 e. The van der Waals surface area contributed by atoms with E-state index in [0.717, 1.165) is 16.7 Å². The van der Waals surface area contributed by atoms with Crippen molar-refractivity contribution in [1.82, 2.24) is 5.32 Å². The molecule has 1 atom stereocenters. The van der Waals surface area contributed by atoms with Crippen molar-refractivity contribution in [1.29, 1.82) is 0 Å². The number of nitrogens with one attached hydrogen (secondary N) is 1. The number of carbonyl (C=O) groups is 1. The molecule has 0 heterocycles. The van der Waals surface area contributed by atoms with Crippen molar-refractivity contribution in [2.24, 2.45) is 0 Å². The predicted octanol–water partition coefficient (Wildman–Crippen LogP) is 5.99. The largest absolute Gasteiger partial charge is 0.341 e. The van der Waals surface area contributed by atoms with Crippen molar-refractivity contribution in [3.63, 3.8) is 0 Å². The minimum atomic E-state index is -3.76. The molecule has 0 bridgehead atoms. The highest BCUT2D eigenvalue weighted by Gasteiger charge is 2.22. The number of rotatable bonds is 7. The van der Waals surface area contributed by atoms with Crippen molar-refractivity contribution in [3.8, 4) is 0 Å². The number of sulfonamides is 1. The maximum Gasteiger partial charge on any atom is 0.264 e. The van der Waals surface area contributed by atoms with Crippen LogP contribution in [0.5, 0.6) is 0 Å². The van der Waals surface area contributed by atoms with Crippen LogP contribution >= 0.6 is 11.6 Å². The number of halogens is 1. The van der Waals surface area contributed by atoms with Gasteiger partial charge >= 0.3 is 0 Å². The molecule has 35 heavy (non-hydrogen) atoms.